The first kappa shape index (κ1) is 48.8. The molecular weight excluding hydrogens is 747 g/mol. The Morgan fingerprint density at radius 2 is 1.81 bits per heavy atom. The van der Waals surface area contributed by atoms with Crippen molar-refractivity contribution in [3.05, 3.63) is 60.1 Å². The number of morpholine rings is 1. The molecule has 0 bridgehead atoms. The Morgan fingerprint density at radius 1 is 1.07 bits per heavy atom. The highest BCUT2D eigenvalue weighted by molar-refractivity contribution is 5.67. The van der Waals surface area contributed by atoms with Gasteiger partial charge in [-0.2, -0.15) is 0 Å². The van der Waals surface area contributed by atoms with Crippen LogP contribution >= 0.6 is 0 Å². The smallest absolute Gasteiger partial charge is 0.407 e. The standard InChI is InChI=1S/C31H46N2O6.C15H31NO2.C2H4.H2/c1-29-10-7-23(39-28(35)32-13-14-33-15-17-37-18-16-33)19-22(29)4-5-26-25(29)8-11-30(2)24(9-12-31(26,30)36)21-3-6-27(34)38-20-21;1-7-9-13(3)12-14(4)18-15(5)17-11-10-16(6)8-2;1-2;/h3,6,20,22-26,36H,4-5,7-19H2,1-2H3,(H,32,35);13-14H,5,7-12H2,1-4,6H3;1-2H2;1H. The highest BCUT2D eigenvalue weighted by atomic mass is 16.7. The summed E-state index contributed by atoms with van der Waals surface area (Å²) < 4.78 is 27.6. The van der Waals surface area contributed by atoms with Crippen LogP contribution in [0.5, 0.6) is 0 Å². The second-order valence-electron chi connectivity index (χ2n) is 18.7. The van der Waals surface area contributed by atoms with Gasteiger partial charge < -0.3 is 38.7 Å². The average Bonchev–Trinajstić information content (AvgIpc) is 3.50. The summed E-state index contributed by atoms with van der Waals surface area (Å²) in [6.07, 6.45) is 13.9. The fourth-order valence-electron chi connectivity index (χ4n) is 11.7. The molecule has 6 rings (SSSR count). The predicted molar refractivity (Wildman–Crippen MR) is 237 cm³/mol. The van der Waals surface area contributed by atoms with E-state index in [9.17, 15) is 14.7 Å². The lowest BCUT2D eigenvalue weighted by atomic mass is 9.43. The fraction of sp³-hybridized carbons (Fsp3) is 0.792. The number of nitrogens with zero attached hydrogens (tertiary/aromatic N) is 2. The molecular formula is C48H83N3O8. The van der Waals surface area contributed by atoms with Crippen LogP contribution in [0.15, 0.2) is 53.3 Å². The van der Waals surface area contributed by atoms with Gasteiger partial charge in [0, 0.05) is 45.6 Å². The number of carbonyl (C=O) groups excluding carboxylic acids is 1. The number of hydrogen-bond acceptors (Lipinski definition) is 10. The molecule has 4 aliphatic carbocycles. The minimum absolute atomic E-state index is 0. The van der Waals surface area contributed by atoms with Gasteiger partial charge in [0.15, 0.2) is 0 Å². The van der Waals surface area contributed by atoms with Crippen molar-refractivity contribution in [2.75, 3.05) is 66.1 Å². The van der Waals surface area contributed by atoms with Crippen molar-refractivity contribution >= 4 is 6.09 Å². The number of nitrogens with one attached hydrogen (secondary N) is 1. The van der Waals surface area contributed by atoms with Crippen molar-refractivity contribution < 1.29 is 34.7 Å². The van der Waals surface area contributed by atoms with Crippen LogP contribution in [0.25, 0.3) is 0 Å². The van der Waals surface area contributed by atoms with Gasteiger partial charge in [0.25, 0.3) is 5.95 Å². The van der Waals surface area contributed by atoms with Crippen molar-refractivity contribution in [3.8, 4) is 0 Å². The maximum Gasteiger partial charge on any atom is 0.407 e. The van der Waals surface area contributed by atoms with E-state index < -0.39 is 5.60 Å². The lowest BCUT2D eigenvalue weighted by Crippen LogP contribution is -2.62. The van der Waals surface area contributed by atoms with Crippen LogP contribution in [0, 0.1) is 34.5 Å². The molecule has 4 saturated carbocycles. The zero-order valence-electron chi connectivity index (χ0n) is 37.9. The Bertz CT molecular complexity index is 1490. The molecule has 0 radical (unpaired) electrons. The molecule has 1 saturated heterocycles. The highest BCUT2D eigenvalue weighted by Gasteiger charge is 2.67. The van der Waals surface area contributed by atoms with Crippen molar-refractivity contribution in [3.63, 3.8) is 0 Å². The number of hydrogen-bond donors (Lipinski definition) is 2. The molecule has 10 atom stereocenters. The third-order valence-corrected chi connectivity index (χ3v) is 15.1. The third-order valence-electron chi connectivity index (χ3n) is 15.1. The van der Waals surface area contributed by atoms with E-state index in [2.05, 4.69) is 83.4 Å². The minimum Gasteiger partial charge on any atom is -0.464 e. The van der Waals surface area contributed by atoms with Gasteiger partial charge in [-0.05, 0) is 138 Å². The number of fused-ring (bicyclic) bond motifs is 5. The summed E-state index contributed by atoms with van der Waals surface area (Å²) in [7, 11) is 2.07. The third kappa shape index (κ3) is 12.4. The molecule has 5 fully saturated rings. The predicted octanol–water partition coefficient (Wildman–Crippen LogP) is 9.01. The van der Waals surface area contributed by atoms with Crippen LogP contribution in [-0.2, 0) is 18.9 Å². The maximum atomic E-state index is 12.6. The number of rotatable bonds is 16. The second kappa shape index (κ2) is 22.8. The molecule has 1 aromatic heterocycles. The van der Waals surface area contributed by atoms with Gasteiger partial charge in [-0.1, -0.05) is 47.5 Å². The number of carbonyl (C=O) groups is 1. The van der Waals surface area contributed by atoms with Gasteiger partial charge in [0.1, 0.15) is 12.7 Å². The number of amides is 1. The highest BCUT2D eigenvalue weighted by Crippen LogP contribution is 2.70. The van der Waals surface area contributed by atoms with Gasteiger partial charge in [-0.25, -0.2) is 9.59 Å². The first-order valence-corrected chi connectivity index (χ1v) is 22.9. The van der Waals surface area contributed by atoms with Crippen LogP contribution in [0.4, 0.5) is 4.79 Å². The zero-order valence-corrected chi connectivity index (χ0v) is 37.9. The molecule has 0 spiro atoms. The Morgan fingerprint density at radius 3 is 2.49 bits per heavy atom. The molecule has 338 valence electrons. The van der Waals surface area contributed by atoms with Crippen molar-refractivity contribution in [1.82, 2.24) is 15.1 Å². The summed E-state index contributed by atoms with van der Waals surface area (Å²) in [5, 5.41) is 15.4. The molecule has 5 aliphatic rings. The SMILES string of the molecule is C=C.C=C(OCCN(C)CC)OC(C)CC(C)CCC.CC12CCC(OC(=O)NCCN3CCOCC3)CC1CCC1C2CCC2(C)C(c3ccc(=O)oc3)CCC12O.[HH]. The lowest BCUT2D eigenvalue weighted by molar-refractivity contribution is -0.205. The van der Waals surface area contributed by atoms with Gasteiger partial charge in [0.05, 0.1) is 31.2 Å². The Balaban J connectivity index is 0.000000390. The van der Waals surface area contributed by atoms with Gasteiger partial charge >= 0.3 is 11.7 Å². The molecule has 11 heteroatoms. The van der Waals surface area contributed by atoms with E-state index in [-0.39, 0.29) is 42.1 Å². The molecule has 11 nitrogen and oxygen atoms in total. The van der Waals surface area contributed by atoms with Crippen molar-refractivity contribution in [1.29, 1.82) is 0 Å². The number of alkyl carbamates (subject to hydrolysis) is 1. The summed E-state index contributed by atoms with van der Waals surface area (Å²) in [6.45, 7) is 30.6. The second-order valence-corrected chi connectivity index (χ2v) is 18.7. The first-order chi connectivity index (χ1) is 28.2. The monoisotopic (exact) mass is 830 g/mol. The summed E-state index contributed by atoms with van der Waals surface area (Å²) in [5.74, 6) is 2.67. The zero-order chi connectivity index (χ0) is 43.2. The molecule has 1 aliphatic heterocycles. The molecule has 1 amide bonds. The van der Waals surface area contributed by atoms with Crippen LogP contribution in [0.3, 0.4) is 0 Å². The van der Waals surface area contributed by atoms with Crippen molar-refractivity contribution in [2.45, 2.75) is 142 Å². The van der Waals surface area contributed by atoms with E-state index in [0.717, 1.165) is 116 Å². The summed E-state index contributed by atoms with van der Waals surface area (Å²) in [5.41, 5.74) is -0.0102. The van der Waals surface area contributed by atoms with Crippen LogP contribution in [-0.4, -0.2) is 105 Å². The molecule has 2 N–H and O–H groups in total. The molecule has 2 heterocycles. The molecule has 10 unspecified atom stereocenters. The van der Waals surface area contributed by atoms with Crippen LogP contribution in [0.2, 0.25) is 0 Å². The number of aliphatic hydroxyl groups is 1. The quantitative estimate of drug-likeness (QED) is 0.123. The molecule has 59 heavy (non-hydrogen) atoms. The minimum atomic E-state index is -0.696. The maximum absolute atomic E-state index is 12.6. The average molecular weight is 830 g/mol. The lowest BCUT2D eigenvalue weighted by Gasteiger charge is -2.63. The number of likely N-dealkylation sites (N-methyl/N-ethyl adjacent to an activating group) is 1. The van der Waals surface area contributed by atoms with Crippen LogP contribution in [0.1, 0.15) is 132 Å². The summed E-state index contributed by atoms with van der Waals surface area (Å²) >= 11 is 0. The van der Waals surface area contributed by atoms with Gasteiger partial charge in [-0.15, -0.1) is 13.2 Å². The topological polar surface area (TPSA) is 123 Å². The number of ether oxygens (including phenoxy) is 4. The summed E-state index contributed by atoms with van der Waals surface area (Å²) in [4.78, 5) is 28.6. The van der Waals surface area contributed by atoms with Gasteiger partial charge in [-0.3, -0.25) is 4.90 Å². The normalized spacial score (nSPS) is 32.3. The van der Waals surface area contributed by atoms with Crippen LogP contribution < -0.4 is 10.9 Å². The van der Waals surface area contributed by atoms with E-state index in [4.69, 9.17) is 23.4 Å². The van der Waals surface area contributed by atoms with Gasteiger partial charge in [0.2, 0.25) is 0 Å². The first-order valence-electron chi connectivity index (χ1n) is 22.9. The Hall–Kier alpha value is -2.86. The van der Waals surface area contributed by atoms with E-state index in [1.807, 2.05) is 6.07 Å². The molecule has 0 aromatic carbocycles. The fourth-order valence-corrected chi connectivity index (χ4v) is 11.7. The Labute approximate surface area is 358 Å². The molecule has 1 aromatic rings. The summed E-state index contributed by atoms with van der Waals surface area (Å²) in [6, 6.07) is 3.41. The van der Waals surface area contributed by atoms with E-state index >= 15 is 0 Å². The Kier molecular flexibility index (Phi) is 18.9. The van der Waals surface area contributed by atoms with Crippen molar-refractivity contribution in [2.24, 2.45) is 34.5 Å². The van der Waals surface area contributed by atoms with E-state index in [0.29, 0.717) is 42.8 Å². The van der Waals surface area contributed by atoms with E-state index in [1.54, 1.807) is 6.26 Å². The largest absolute Gasteiger partial charge is 0.464 e. The van der Waals surface area contributed by atoms with E-state index in [1.165, 1.54) is 18.9 Å².